The summed E-state index contributed by atoms with van der Waals surface area (Å²) in [4.78, 5) is 40.0. The molecule has 0 radical (unpaired) electrons. The van der Waals surface area contributed by atoms with Crippen LogP contribution in [0.2, 0.25) is 0 Å². The molecule has 5 unspecified atom stereocenters. The predicted molar refractivity (Wildman–Crippen MR) is 96.6 cm³/mol. The van der Waals surface area contributed by atoms with E-state index in [9.17, 15) is 14.4 Å². The van der Waals surface area contributed by atoms with Crippen molar-refractivity contribution in [2.75, 3.05) is 0 Å². The SMILES string of the molecule is CCC(C(=O)NCc1ccccc1)N1C(=O)C2C3C=CC(CC3)C2C1=O. The van der Waals surface area contributed by atoms with Crippen LogP contribution >= 0.6 is 0 Å². The van der Waals surface area contributed by atoms with Gasteiger partial charge in [0.25, 0.3) is 0 Å². The second-order valence-corrected chi connectivity index (χ2v) is 7.52. The molecule has 1 aromatic carbocycles. The number of fused-ring (bicyclic) bond motifs is 1. The molecule has 0 spiro atoms. The molecule has 5 nitrogen and oxygen atoms in total. The van der Waals surface area contributed by atoms with Crippen LogP contribution in [0.4, 0.5) is 0 Å². The van der Waals surface area contributed by atoms with Crippen LogP contribution in [0.15, 0.2) is 42.5 Å². The molecule has 3 aliphatic carbocycles. The highest BCUT2D eigenvalue weighted by atomic mass is 16.2. The summed E-state index contributed by atoms with van der Waals surface area (Å²) in [5, 5.41) is 2.89. The number of allylic oxidation sites excluding steroid dienone is 2. The zero-order valence-corrected chi connectivity index (χ0v) is 14.9. The molecule has 5 rings (SSSR count). The van der Waals surface area contributed by atoms with Crippen molar-refractivity contribution >= 4 is 17.7 Å². The summed E-state index contributed by atoms with van der Waals surface area (Å²) in [7, 11) is 0. The van der Waals surface area contributed by atoms with E-state index in [0.29, 0.717) is 13.0 Å². The first-order valence-corrected chi connectivity index (χ1v) is 9.48. The minimum Gasteiger partial charge on any atom is -0.350 e. The van der Waals surface area contributed by atoms with E-state index in [1.807, 2.05) is 37.3 Å². The van der Waals surface area contributed by atoms with Gasteiger partial charge in [0.15, 0.2) is 0 Å². The molecule has 1 saturated carbocycles. The van der Waals surface area contributed by atoms with Crippen LogP contribution in [0.1, 0.15) is 31.7 Å². The number of carbonyl (C=O) groups excluding carboxylic acids is 3. The number of nitrogens with zero attached hydrogens (tertiary/aromatic N) is 1. The number of hydrogen-bond donors (Lipinski definition) is 1. The fraction of sp³-hybridized carbons (Fsp3) is 0.476. The predicted octanol–water partition coefficient (Wildman–Crippen LogP) is 2.28. The molecule has 26 heavy (non-hydrogen) atoms. The van der Waals surface area contributed by atoms with Crippen LogP contribution in [-0.4, -0.2) is 28.7 Å². The van der Waals surface area contributed by atoms with E-state index in [-0.39, 0.29) is 41.4 Å². The minimum atomic E-state index is -0.719. The lowest BCUT2D eigenvalue weighted by molar-refractivity contribution is -0.148. The van der Waals surface area contributed by atoms with E-state index in [2.05, 4.69) is 17.5 Å². The zero-order valence-electron chi connectivity index (χ0n) is 14.9. The maximum absolute atomic E-state index is 13.0. The third kappa shape index (κ3) is 2.66. The van der Waals surface area contributed by atoms with Gasteiger partial charge in [0.05, 0.1) is 11.8 Å². The Morgan fingerprint density at radius 1 is 1.08 bits per heavy atom. The number of benzene rings is 1. The van der Waals surface area contributed by atoms with Gasteiger partial charge in [-0.2, -0.15) is 0 Å². The van der Waals surface area contributed by atoms with Crippen molar-refractivity contribution in [1.29, 1.82) is 0 Å². The lowest BCUT2D eigenvalue weighted by Gasteiger charge is -2.38. The van der Waals surface area contributed by atoms with Crippen molar-refractivity contribution < 1.29 is 14.4 Å². The molecule has 2 bridgehead atoms. The van der Waals surface area contributed by atoms with E-state index in [0.717, 1.165) is 18.4 Å². The van der Waals surface area contributed by atoms with Crippen LogP contribution in [-0.2, 0) is 20.9 Å². The normalized spacial score (nSPS) is 30.4. The van der Waals surface area contributed by atoms with Gasteiger partial charge in [-0.3, -0.25) is 19.3 Å². The van der Waals surface area contributed by atoms with Gasteiger partial charge in [0.1, 0.15) is 6.04 Å². The smallest absolute Gasteiger partial charge is 0.243 e. The van der Waals surface area contributed by atoms with Crippen LogP contribution < -0.4 is 5.32 Å². The molecule has 1 heterocycles. The summed E-state index contributed by atoms with van der Waals surface area (Å²) in [6, 6.07) is 8.91. The van der Waals surface area contributed by atoms with Gasteiger partial charge in [-0.05, 0) is 36.7 Å². The standard InChI is InChI=1S/C21H24N2O3/c1-2-16(19(24)22-12-13-6-4-3-5-7-13)23-20(25)17-14-8-9-15(11-10-14)18(17)21(23)26/h3-9,14-18H,2,10-12H2,1H3,(H,22,24). The highest BCUT2D eigenvalue weighted by Crippen LogP contribution is 2.50. The van der Waals surface area contributed by atoms with Crippen LogP contribution in [0.3, 0.4) is 0 Å². The average Bonchev–Trinajstić information content (AvgIpc) is 2.96. The van der Waals surface area contributed by atoms with E-state index in [4.69, 9.17) is 0 Å². The van der Waals surface area contributed by atoms with Crippen molar-refractivity contribution in [1.82, 2.24) is 10.2 Å². The highest BCUT2D eigenvalue weighted by Gasteiger charge is 2.58. The average molecular weight is 352 g/mol. The number of amides is 3. The Morgan fingerprint density at radius 3 is 2.15 bits per heavy atom. The molecule has 3 amide bonds. The van der Waals surface area contributed by atoms with Crippen LogP contribution in [0.5, 0.6) is 0 Å². The third-order valence-electron chi connectivity index (χ3n) is 6.10. The first-order valence-electron chi connectivity index (χ1n) is 9.48. The van der Waals surface area contributed by atoms with Gasteiger partial charge >= 0.3 is 0 Å². The fourth-order valence-corrected chi connectivity index (χ4v) is 4.79. The Hall–Kier alpha value is -2.43. The summed E-state index contributed by atoms with van der Waals surface area (Å²) in [5.41, 5.74) is 0.991. The molecular weight excluding hydrogens is 328 g/mol. The summed E-state index contributed by atoms with van der Waals surface area (Å²) in [5.74, 6) is -0.782. The summed E-state index contributed by atoms with van der Waals surface area (Å²) in [6.07, 6.45) is 6.56. The first kappa shape index (κ1) is 17.0. The lowest BCUT2D eigenvalue weighted by Crippen LogP contribution is -2.49. The minimum absolute atomic E-state index is 0.149. The quantitative estimate of drug-likeness (QED) is 0.653. The Balaban J connectivity index is 1.50. The lowest BCUT2D eigenvalue weighted by atomic mass is 9.63. The van der Waals surface area contributed by atoms with E-state index < -0.39 is 6.04 Å². The molecule has 0 aromatic heterocycles. The van der Waals surface area contributed by atoms with Crippen molar-refractivity contribution in [3.63, 3.8) is 0 Å². The Kier molecular flexibility index (Phi) is 4.39. The third-order valence-corrected chi connectivity index (χ3v) is 6.10. The Morgan fingerprint density at radius 2 is 1.65 bits per heavy atom. The highest BCUT2D eigenvalue weighted by molar-refractivity contribution is 6.09. The van der Waals surface area contributed by atoms with E-state index >= 15 is 0 Å². The largest absolute Gasteiger partial charge is 0.350 e. The molecular formula is C21H24N2O3. The maximum atomic E-state index is 13.0. The van der Waals surface area contributed by atoms with Crippen molar-refractivity contribution in [2.45, 2.75) is 38.8 Å². The molecule has 1 saturated heterocycles. The number of hydrogen-bond acceptors (Lipinski definition) is 3. The molecule has 4 aliphatic rings. The van der Waals surface area contributed by atoms with Gasteiger partial charge in [0.2, 0.25) is 17.7 Å². The number of nitrogens with one attached hydrogen (secondary N) is 1. The van der Waals surface area contributed by atoms with E-state index in [1.54, 1.807) is 0 Å². The molecule has 5 atom stereocenters. The van der Waals surface area contributed by atoms with Crippen LogP contribution in [0, 0.1) is 23.7 Å². The van der Waals surface area contributed by atoms with Crippen molar-refractivity contribution in [2.24, 2.45) is 23.7 Å². The number of imide groups is 1. The zero-order chi connectivity index (χ0) is 18.3. The van der Waals surface area contributed by atoms with Crippen molar-refractivity contribution in [3.8, 4) is 0 Å². The Labute approximate surface area is 153 Å². The van der Waals surface area contributed by atoms with Gasteiger partial charge in [-0.25, -0.2) is 0 Å². The monoisotopic (exact) mass is 352 g/mol. The summed E-state index contributed by atoms with van der Waals surface area (Å²) >= 11 is 0. The summed E-state index contributed by atoms with van der Waals surface area (Å²) in [6.45, 7) is 2.24. The second-order valence-electron chi connectivity index (χ2n) is 7.52. The number of carbonyl (C=O) groups is 3. The maximum Gasteiger partial charge on any atom is 0.243 e. The molecule has 5 heteroatoms. The molecule has 2 fully saturated rings. The summed E-state index contributed by atoms with van der Waals surface area (Å²) < 4.78 is 0. The molecule has 136 valence electrons. The van der Waals surface area contributed by atoms with Crippen molar-refractivity contribution in [3.05, 3.63) is 48.0 Å². The Bertz CT molecular complexity index is 726. The second kappa shape index (κ2) is 6.71. The van der Waals surface area contributed by atoms with Gasteiger partial charge in [0, 0.05) is 6.54 Å². The molecule has 1 aliphatic heterocycles. The topological polar surface area (TPSA) is 66.5 Å². The van der Waals surface area contributed by atoms with Crippen LogP contribution in [0.25, 0.3) is 0 Å². The molecule has 1 aromatic rings. The fourth-order valence-electron chi connectivity index (χ4n) is 4.79. The first-order chi connectivity index (χ1) is 12.6. The van der Waals surface area contributed by atoms with Gasteiger partial charge in [-0.1, -0.05) is 49.4 Å². The van der Waals surface area contributed by atoms with Gasteiger partial charge in [-0.15, -0.1) is 0 Å². The molecule has 1 N–H and O–H groups in total. The number of likely N-dealkylation sites (tertiary alicyclic amines) is 1. The van der Waals surface area contributed by atoms with E-state index in [1.165, 1.54) is 4.90 Å². The van der Waals surface area contributed by atoms with Gasteiger partial charge < -0.3 is 5.32 Å². The number of rotatable bonds is 5.